The molecule has 0 radical (unpaired) electrons. The molecule has 2 aliphatic heterocycles. The van der Waals surface area contributed by atoms with E-state index in [4.69, 9.17) is 18.9 Å². The highest BCUT2D eigenvalue weighted by atomic mass is 16.5. The number of methoxy groups -OCH3 is 2. The molecule has 3 aliphatic rings. The second-order valence-corrected chi connectivity index (χ2v) is 9.04. The number of carbonyl (C=O) groups excluding carboxylic acids is 2. The van der Waals surface area contributed by atoms with E-state index in [1.54, 1.807) is 18.2 Å². The first kappa shape index (κ1) is 26.4. The molecule has 1 aromatic carbocycles. The van der Waals surface area contributed by atoms with Gasteiger partial charge in [0.2, 0.25) is 5.91 Å². The Kier molecular flexibility index (Phi) is 8.47. The quantitative estimate of drug-likeness (QED) is 0.329. The maximum Gasteiger partial charge on any atom is 0.252 e. The van der Waals surface area contributed by atoms with Crippen LogP contribution in [-0.2, 0) is 25.7 Å². The van der Waals surface area contributed by atoms with Crippen molar-refractivity contribution in [3.05, 3.63) is 34.9 Å². The van der Waals surface area contributed by atoms with Crippen LogP contribution in [0.4, 0.5) is 0 Å². The summed E-state index contributed by atoms with van der Waals surface area (Å²) in [6.45, 7) is 0.444. The number of carbonyl (C=O) groups is 2. The van der Waals surface area contributed by atoms with Crippen LogP contribution in [0.25, 0.3) is 0 Å². The molecule has 2 heterocycles. The highest BCUT2D eigenvalue weighted by Gasteiger charge is 2.52. The number of aliphatic hydroxyl groups excluding tert-OH is 3. The fraction of sp³-hybridized carbons (Fsp3) is 0.600. The number of fused-ring (bicyclic) bond motifs is 3. The summed E-state index contributed by atoms with van der Waals surface area (Å²) in [5.74, 6) is -0.658. The van der Waals surface area contributed by atoms with Crippen molar-refractivity contribution in [2.75, 3.05) is 47.1 Å². The minimum Gasteiger partial charge on any atom is -0.493 e. The van der Waals surface area contributed by atoms with Gasteiger partial charge in [-0.3, -0.25) is 9.59 Å². The number of benzene rings is 1. The zero-order valence-electron chi connectivity index (χ0n) is 20.5. The number of nitrogens with one attached hydrogen (secondary N) is 1. The molecule has 4 rings (SSSR count). The molecule has 11 heteroatoms. The zero-order chi connectivity index (χ0) is 25.8. The molecule has 0 saturated carbocycles. The smallest absolute Gasteiger partial charge is 0.252 e. The lowest BCUT2D eigenvalue weighted by atomic mass is 9.77. The monoisotopic (exact) mass is 506 g/mol. The van der Waals surface area contributed by atoms with Gasteiger partial charge >= 0.3 is 0 Å². The van der Waals surface area contributed by atoms with Crippen molar-refractivity contribution in [1.82, 2.24) is 10.2 Å². The van der Waals surface area contributed by atoms with E-state index in [0.717, 1.165) is 6.42 Å². The fourth-order valence-electron chi connectivity index (χ4n) is 5.17. The Morgan fingerprint density at radius 1 is 1.25 bits per heavy atom. The van der Waals surface area contributed by atoms with E-state index in [2.05, 4.69) is 5.32 Å². The molecule has 5 unspecified atom stereocenters. The average Bonchev–Trinajstić information content (AvgIpc) is 3.56. The number of nitrogens with zero attached hydrogens (tertiary/aromatic N) is 1. The van der Waals surface area contributed by atoms with Crippen LogP contribution >= 0.6 is 0 Å². The number of amides is 2. The van der Waals surface area contributed by atoms with Crippen molar-refractivity contribution in [3.63, 3.8) is 0 Å². The third-order valence-corrected chi connectivity index (χ3v) is 6.88. The number of hydrogen-bond acceptors (Lipinski definition) is 9. The maximum absolute atomic E-state index is 13.4. The van der Waals surface area contributed by atoms with Crippen LogP contribution in [0.15, 0.2) is 23.8 Å². The van der Waals surface area contributed by atoms with E-state index in [9.17, 15) is 24.9 Å². The van der Waals surface area contributed by atoms with Gasteiger partial charge in [0.1, 0.15) is 18.3 Å². The summed E-state index contributed by atoms with van der Waals surface area (Å²) in [5.41, 5.74) is 1.46. The molecule has 0 bridgehead atoms. The minimum atomic E-state index is -1.18. The highest BCUT2D eigenvalue weighted by Crippen LogP contribution is 2.51. The lowest BCUT2D eigenvalue weighted by molar-refractivity contribution is -0.147. The largest absolute Gasteiger partial charge is 0.493 e. The molecular formula is C25H34N2O9. The second kappa shape index (κ2) is 11.6. The molecule has 0 aromatic heterocycles. The first-order chi connectivity index (χ1) is 17.4. The molecule has 198 valence electrons. The van der Waals surface area contributed by atoms with Gasteiger partial charge in [0.05, 0.1) is 38.9 Å². The van der Waals surface area contributed by atoms with Crippen molar-refractivity contribution in [2.24, 2.45) is 0 Å². The first-order valence-corrected chi connectivity index (χ1v) is 12.1. The van der Waals surface area contributed by atoms with Crippen molar-refractivity contribution < 1.29 is 43.9 Å². The SMILES string of the molecule is COCCN(C(=O)C1CCCO1)C1C=C(C(=O)NCCO)C2c3cc(CO)cc(OC)c3OC2C1O. The summed E-state index contributed by atoms with van der Waals surface area (Å²) in [4.78, 5) is 28.2. The van der Waals surface area contributed by atoms with Gasteiger partial charge in [0, 0.05) is 37.9 Å². The van der Waals surface area contributed by atoms with Gasteiger partial charge in [-0.1, -0.05) is 0 Å². The first-order valence-electron chi connectivity index (χ1n) is 12.1. The number of rotatable bonds is 10. The lowest BCUT2D eigenvalue weighted by Crippen LogP contribution is -2.58. The van der Waals surface area contributed by atoms with E-state index in [1.165, 1.54) is 19.1 Å². The van der Waals surface area contributed by atoms with Gasteiger partial charge < -0.3 is 44.5 Å². The molecule has 2 amide bonds. The highest BCUT2D eigenvalue weighted by molar-refractivity contribution is 5.96. The molecule has 1 fully saturated rings. The third kappa shape index (κ3) is 4.94. The van der Waals surface area contributed by atoms with E-state index < -0.39 is 36.2 Å². The summed E-state index contributed by atoms with van der Waals surface area (Å²) in [7, 11) is 2.99. The second-order valence-electron chi connectivity index (χ2n) is 9.04. The summed E-state index contributed by atoms with van der Waals surface area (Å²) in [5, 5.41) is 33.2. The third-order valence-electron chi connectivity index (χ3n) is 6.88. The van der Waals surface area contributed by atoms with Gasteiger partial charge in [-0.25, -0.2) is 0 Å². The summed E-state index contributed by atoms with van der Waals surface area (Å²) in [6.07, 6.45) is 0.241. The normalized spacial score (nSPS) is 26.5. The minimum absolute atomic E-state index is 0.0384. The van der Waals surface area contributed by atoms with Crippen molar-refractivity contribution in [2.45, 2.75) is 49.7 Å². The average molecular weight is 507 g/mol. The molecular weight excluding hydrogens is 472 g/mol. The molecule has 1 aliphatic carbocycles. The standard InChI is InChI=1S/C25H34N2O9/c1-33-9-6-27(25(32)18-4-3-8-35-18)17-12-16(24(31)26-5-7-28)20-15-10-14(13-29)11-19(34-2)22(15)36-23(20)21(17)30/h10-12,17-18,20-21,23,28-30H,3-9,13H2,1-2H3,(H,26,31). The molecule has 11 nitrogen and oxygen atoms in total. The Hall–Kier alpha value is -2.70. The molecule has 0 spiro atoms. The Balaban J connectivity index is 1.78. The predicted molar refractivity (Wildman–Crippen MR) is 127 cm³/mol. The van der Waals surface area contributed by atoms with Crippen molar-refractivity contribution in [1.29, 1.82) is 0 Å². The van der Waals surface area contributed by atoms with Crippen LogP contribution in [0.2, 0.25) is 0 Å². The Morgan fingerprint density at radius 3 is 2.69 bits per heavy atom. The van der Waals surface area contributed by atoms with Gasteiger partial charge in [-0.15, -0.1) is 0 Å². The fourth-order valence-corrected chi connectivity index (χ4v) is 5.17. The summed E-state index contributed by atoms with van der Waals surface area (Å²) >= 11 is 0. The van der Waals surface area contributed by atoms with E-state index >= 15 is 0 Å². The molecule has 4 N–H and O–H groups in total. The van der Waals surface area contributed by atoms with Crippen LogP contribution in [0.3, 0.4) is 0 Å². The lowest BCUT2D eigenvalue weighted by Gasteiger charge is -2.41. The predicted octanol–water partition coefficient (Wildman–Crippen LogP) is -0.536. The van der Waals surface area contributed by atoms with Crippen molar-refractivity contribution in [3.8, 4) is 11.5 Å². The zero-order valence-corrected chi connectivity index (χ0v) is 20.5. The maximum atomic E-state index is 13.4. The molecule has 5 atom stereocenters. The van der Waals surface area contributed by atoms with Gasteiger partial charge in [-0.05, 0) is 36.6 Å². The van der Waals surface area contributed by atoms with Gasteiger partial charge in [0.15, 0.2) is 11.5 Å². The van der Waals surface area contributed by atoms with E-state index in [-0.39, 0.29) is 38.8 Å². The van der Waals surface area contributed by atoms with Crippen molar-refractivity contribution >= 4 is 11.8 Å². The Bertz CT molecular complexity index is 992. The number of ether oxygens (including phenoxy) is 4. The topological polar surface area (TPSA) is 147 Å². The molecule has 36 heavy (non-hydrogen) atoms. The summed E-state index contributed by atoms with van der Waals surface area (Å²) < 4.78 is 22.5. The Morgan fingerprint density at radius 2 is 2.06 bits per heavy atom. The van der Waals surface area contributed by atoms with E-state index in [0.29, 0.717) is 41.2 Å². The number of hydrogen-bond donors (Lipinski definition) is 4. The van der Waals surface area contributed by atoms with Crippen LogP contribution < -0.4 is 14.8 Å². The summed E-state index contributed by atoms with van der Waals surface area (Å²) in [6, 6.07) is 2.48. The number of aliphatic hydroxyl groups is 3. The van der Waals surface area contributed by atoms with Crippen LogP contribution in [0, 0.1) is 0 Å². The van der Waals surface area contributed by atoms with E-state index in [1.807, 2.05) is 0 Å². The molecule has 1 aromatic rings. The van der Waals surface area contributed by atoms with Crippen LogP contribution in [0.1, 0.15) is 29.9 Å². The van der Waals surface area contributed by atoms with Crippen LogP contribution in [-0.4, -0.2) is 104 Å². The molecule has 1 saturated heterocycles. The Labute approximate surface area is 209 Å². The van der Waals surface area contributed by atoms with Gasteiger partial charge in [-0.2, -0.15) is 0 Å². The van der Waals surface area contributed by atoms with Gasteiger partial charge in [0.25, 0.3) is 5.91 Å². The van der Waals surface area contributed by atoms with Crippen LogP contribution in [0.5, 0.6) is 11.5 Å².